The molecule has 0 radical (unpaired) electrons. The highest BCUT2D eigenvalue weighted by atomic mass is 16.5. The van der Waals surface area contributed by atoms with Crippen LogP contribution in [0.5, 0.6) is 5.75 Å². The van der Waals surface area contributed by atoms with E-state index < -0.39 is 0 Å². The highest BCUT2D eigenvalue weighted by Crippen LogP contribution is 2.36. The van der Waals surface area contributed by atoms with Gasteiger partial charge in [0.15, 0.2) is 0 Å². The zero-order valence-electron chi connectivity index (χ0n) is 16.3. The van der Waals surface area contributed by atoms with Crippen molar-refractivity contribution in [2.24, 2.45) is 0 Å². The molecule has 3 aliphatic rings. The van der Waals surface area contributed by atoms with Gasteiger partial charge in [-0.3, -0.25) is 4.90 Å². The van der Waals surface area contributed by atoms with E-state index in [0.717, 1.165) is 31.1 Å². The first-order chi connectivity index (χ1) is 12.5. The van der Waals surface area contributed by atoms with Gasteiger partial charge in [-0.05, 0) is 43.0 Å². The minimum Gasteiger partial charge on any atom is -0.496 e. The van der Waals surface area contributed by atoms with Gasteiger partial charge in [0.2, 0.25) is 0 Å². The van der Waals surface area contributed by atoms with Crippen LogP contribution in [0.4, 0.5) is 0 Å². The van der Waals surface area contributed by atoms with Crippen LogP contribution in [0.15, 0.2) is 47.8 Å². The summed E-state index contributed by atoms with van der Waals surface area (Å²) in [6.07, 6.45) is 3.46. The van der Waals surface area contributed by atoms with Gasteiger partial charge in [0, 0.05) is 61.8 Å². The van der Waals surface area contributed by atoms with Gasteiger partial charge in [-0.15, -0.1) is 0 Å². The smallest absolute Gasteiger partial charge is 0.123 e. The van der Waals surface area contributed by atoms with Crippen LogP contribution in [-0.2, 0) is 6.54 Å². The van der Waals surface area contributed by atoms with Crippen LogP contribution >= 0.6 is 0 Å². The molecule has 1 aromatic carbocycles. The summed E-state index contributed by atoms with van der Waals surface area (Å²) >= 11 is 0. The molecular formula is C22H29N3O. The van der Waals surface area contributed by atoms with Gasteiger partial charge in [-0.25, -0.2) is 0 Å². The summed E-state index contributed by atoms with van der Waals surface area (Å²) in [7, 11) is 3.83. The van der Waals surface area contributed by atoms with E-state index in [2.05, 4.69) is 67.0 Å². The van der Waals surface area contributed by atoms with Crippen LogP contribution in [0, 0.1) is 0 Å². The quantitative estimate of drug-likeness (QED) is 0.900. The summed E-state index contributed by atoms with van der Waals surface area (Å²) in [5, 5.41) is 3.57. The lowest BCUT2D eigenvalue weighted by Crippen LogP contribution is -2.43. The van der Waals surface area contributed by atoms with E-state index in [9.17, 15) is 0 Å². The second-order valence-corrected chi connectivity index (χ2v) is 7.80. The third-order valence-corrected chi connectivity index (χ3v) is 6.29. The zero-order chi connectivity index (χ0) is 18.4. The van der Waals surface area contributed by atoms with Gasteiger partial charge in [-0.2, -0.15) is 0 Å². The first kappa shape index (κ1) is 17.4. The Bertz CT molecular complexity index is 808. The molecule has 26 heavy (non-hydrogen) atoms. The van der Waals surface area contributed by atoms with Crippen LogP contribution < -0.4 is 10.1 Å². The van der Waals surface area contributed by atoms with Gasteiger partial charge < -0.3 is 15.0 Å². The fourth-order valence-corrected chi connectivity index (χ4v) is 4.44. The van der Waals surface area contributed by atoms with Crippen molar-refractivity contribution in [2.75, 3.05) is 27.2 Å². The average Bonchev–Trinajstić information content (AvgIpc) is 3.26. The molecule has 2 saturated heterocycles. The van der Waals surface area contributed by atoms with Crippen LogP contribution in [0.2, 0.25) is 0 Å². The molecule has 2 bridgehead atoms. The predicted octanol–water partition coefficient (Wildman–Crippen LogP) is 3.38. The van der Waals surface area contributed by atoms with Crippen molar-refractivity contribution in [1.82, 2.24) is 15.1 Å². The van der Waals surface area contributed by atoms with Crippen molar-refractivity contribution in [3.05, 3.63) is 58.9 Å². The Morgan fingerprint density at radius 3 is 2.73 bits per heavy atom. The Morgan fingerprint density at radius 2 is 2.08 bits per heavy atom. The molecule has 3 aliphatic heterocycles. The normalized spacial score (nSPS) is 25.9. The molecule has 1 aromatic rings. The minimum absolute atomic E-state index is 0.678. The maximum atomic E-state index is 5.76. The van der Waals surface area contributed by atoms with Gasteiger partial charge in [0.1, 0.15) is 5.75 Å². The molecule has 0 aliphatic carbocycles. The van der Waals surface area contributed by atoms with E-state index >= 15 is 0 Å². The van der Waals surface area contributed by atoms with E-state index in [1.165, 1.54) is 34.3 Å². The molecule has 0 spiro atoms. The molecule has 2 atom stereocenters. The van der Waals surface area contributed by atoms with E-state index in [4.69, 9.17) is 4.74 Å². The number of fused-ring (bicyclic) bond motifs is 2. The Hall–Kier alpha value is -2.04. The van der Waals surface area contributed by atoms with Gasteiger partial charge >= 0.3 is 0 Å². The van der Waals surface area contributed by atoms with Crippen molar-refractivity contribution < 1.29 is 4.74 Å². The van der Waals surface area contributed by atoms with Gasteiger partial charge in [-0.1, -0.05) is 18.7 Å². The van der Waals surface area contributed by atoms with E-state index in [1.807, 2.05) is 0 Å². The lowest BCUT2D eigenvalue weighted by Gasteiger charge is -2.29. The molecule has 0 aromatic heterocycles. The SMILES string of the molecule is C=C1C(C)=C(C)C(c2ccc(CN3CC4CC3CN4)c(OC)c2)=CN1C. The third kappa shape index (κ3) is 2.87. The number of allylic oxidation sites excluding steroid dienone is 3. The van der Waals surface area contributed by atoms with Gasteiger partial charge in [0.25, 0.3) is 0 Å². The highest BCUT2D eigenvalue weighted by molar-refractivity contribution is 5.82. The molecule has 0 saturated carbocycles. The number of methoxy groups -OCH3 is 1. The maximum absolute atomic E-state index is 5.76. The van der Waals surface area contributed by atoms with Crippen molar-refractivity contribution in [3.63, 3.8) is 0 Å². The fraction of sp³-hybridized carbons (Fsp3) is 0.455. The molecule has 4 rings (SSSR count). The molecule has 4 heteroatoms. The number of hydrogen-bond acceptors (Lipinski definition) is 4. The molecule has 138 valence electrons. The maximum Gasteiger partial charge on any atom is 0.123 e. The molecule has 1 N–H and O–H groups in total. The second kappa shape index (κ2) is 6.60. The van der Waals surface area contributed by atoms with Crippen molar-refractivity contribution in [3.8, 4) is 5.75 Å². The number of ether oxygens (including phenoxy) is 1. The topological polar surface area (TPSA) is 27.7 Å². The Kier molecular flexibility index (Phi) is 4.41. The summed E-state index contributed by atoms with van der Waals surface area (Å²) in [6.45, 7) is 11.7. The van der Waals surface area contributed by atoms with Crippen molar-refractivity contribution in [1.29, 1.82) is 0 Å². The van der Waals surface area contributed by atoms with Crippen LogP contribution in [-0.4, -0.2) is 49.1 Å². The standard InChI is InChI=1S/C22H29N3O/c1-14-15(2)21(13-24(4)16(14)3)17-6-7-18(22(8-17)26-5)11-25-12-19-9-20(25)10-23-19/h6-8,13,19-20,23H,3,9-12H2,1-2,4-5H3. The molecule has 2 fully saturated rings. The summed E-state index contributed by atoms with van der Waals surface area (Å²) < 4.78 is 5.76. The van der Waals surface area contributed by atoms with Crippen molar-refractivity contribution >= 4 is 5.57 Å². The predicted molar refractivity (Wildman–Crippen MR) is 107 cm³/mol. The highest BCUT2D eigenvalue weighted by Gasteiger charge is 2.37. The summed E-state index contributed by atoms with van der Waals surface area (Å²) in [6, 6.07) is 8.01. The largest absolute Gasteiger partial charge is 0.496 e. The van der Waals surface area contributed by atoms with E-state index in [-0.39, 0.29) is 0 Å². The number of rotatable bonds is 4. The number of nitrogens with one attached hydrogen (secondary N) is 1. The number of likely N-dealkylation sites (N-methyl/N-ethyl adjacent to an activating group) is 1. The Labute approximate surface area is 156 Å². The number of piperazine rings is 1. The van der Waals surface area contributed by atoms with Crippen molar-refractivity contribution in [2.45, 2.75) is 38.9 Å². The first-order valence-electron chi connectivity index (χ1n) is 9.44. The molecule has 2 unspecified atom stereocenters. The Morgan fingerprint density at radius 1 is 1.27 bits per heavy atom. The van der Waals surface area contributed by atoms with Crippen LogP contribution in [0.25, 0.3) is 5.57 Å². The lowest BCUT2D eigenvalue weighted by molar-refractivity contribution is 0.215. The van der Waals surface area contributed by atoms with Crippen LogP contribution in [0.1, 0.15) is 31.4 Å². The summed E-state index contributed by atoms with van der Waals surface area (Å²) in [4.78, 5) is 4.69. The van der Waals surface area contributed by atoms with E-state index in [1.54, 1.807) is 7.11 Å². The number of hydrogen-bond donors (Lipinski definition) is 1. The second-order valence-electron chi connectivity index (χ2n) is 7.80. The number of benzene rings is 1. The number of likely N-dealkylation sites (tertiary alicyclic amines) is 1. The monoisotopic (exact) mass is 351 g/mol. The fourth-order valence-electron chi connectivity index (χ4n) is 4.44. The molecule has 0 amide bonds. The lowest BCUT2D eigenvalue weighted by atomic mass is 9.91. The third-order valence-electron chi connectivity index (χ3n) is 6.29. The van der Waals surface area contributed by atoms with E-state index in [0.29, 0.717) is 12.1 Å². The molecule has 3 heterocycles. The molecule has 4 nitrogen and oxygen atoms in total. The van der Waals surface area contributed by atoms with Gasteiger partial charge in [0.05, 0.1) is 7.11 Å². The Balaban J connectivity index is 1.61. The van der Waals surface area contributed by atoms with Crippen LogP contribution in [0.3, 0.4) is 0 Å². The zero-order valence-corrected chi connectivity index (χ0v) is 16.3. The average molecular weight is 351 g/mol. The summed E-state index contributed by atoms with van der Waals surface area (Å²) in [5.41, 5.74) is 7.31. The minimum atomic E-state index is 0.678. The molecular weight excluding hydrogens is 322 g/mol. The first-order valence-corrected chi connectivity index (χ1v) is 9.44. The number of nitrogens with zero attached hydrogens (tertiary/aromatic N) is 2. The summed E-state index contributed by atoms with van der Waals surface area (Å²) in [5.74, 6) is 0.983.